The Balaban J connectivity index is 1.42. The molecule has 0 fully saturated rings. The maximum Gasteiger partial charge on any atom is 0.0276 e. The van der Waals surface area contributed by atoms with Crippen molar-refractivity contribution in [2.24, 2.45) is 5.73 Å². The molecular formula is C30H32N2. The van der Waals surface area contributed by atoms with Crippen molar-refractivity contribution in [3.05, 3.63) is 144 Å². The van der Waals surface area contributed by atoms with Gasteiger partial charge < -0.3 is 11.1 Å². The first kappa shape index (κ1) is 22.0. The molecular weight excluding hydrogens is 388 g/mol. The van der Waals surface area contributed by atoms with E-state index in [1.54, 1.807) is 0 Å². The summed E-state index contributed by atoms with van der Waals surface area (Å²) >= 11 is 0. The number of nitrogens with one attached hydrogen (secondary N) is 1. The number of nitrogens with two attached hydrogens (primary N) is 1. The van der Waals surface area contributed by atoms with Gasteiger partial charge in [-0.1, -0.05) is 121 Å². The van der Waals surface area contributed by atoms with Gasteiger partial charge in [0, 0.05) is 24.4 Å². The second-order valence-corrected chi connectivity index (χ2v) is 8.33. The molecule has 0 saturated carbocycles. The highest BCUT2D eigenvalue weighted by Gasteiger charge is 2.21. The quantitative estimate of drug-likeness (QED) is 0.311. The third kappa shape index (κ3) is 5.73. The standard InChI is InChI=1S/C30H32N2/c31-29(30(26-17-9-3-10-18-26)27-19-11-4-12-20-27)23-32-22-21-28(24-13-5-1-6-14-24)25-15-7-2-8-16-25/h1-20,28-30,32H,21-23,31H2. The lowest BCUT2D eigenvalue weighted by atomic mass is 9.85. The van der Waals surface area contributed by atoms with Crippen LogP contribution in [-0.2, 0) is 0 Å². The SMILES string of the molecule is NC(CNCCC(c1ccccc1)c1ccccc1)C(c1ccccc1)c1ccccc1. The minimum Gasteiger partial charge on any atom is -0.326 e. The first-order valence-corrected chi connectivity index (χ1v) is 11.5. The van der Waals surface area contributed by atoms with Crippen LogP contribution in [0.4, 0.5) is 0 Å². The summed E-state index contributed by atoms with van der Waals surface area (Å²) in [6, 6.07) is 42.8. The van der Waals surface area contributed by atoms with E-state index in [0.717, 1.165) is 19.5 Å². The highest BCUT2D eigenvalue weighted by Crippen LogP contribution is 2.28. The molecule has 2 heteroatoms. The van der Waals surface area contributed by atoms with Crippen molar-refractivity contribution in [1.29, 1.82) is 0 Å². The molecule has 3 N–H and O–H groups in total. The summed E-state index contributed by atoms with van der Waals surface area (Å²) in [5.41, 5.74) is 12.0. The lowest BCUT2D eigenvalue weighted by Crippen LogP contribution is -2.39. The molecule has 0 saturated heterocycles. The van der Waals surface area contributed by atoms with Gasteiger partial charge in [0.15, 0.2) is 0 Å². The fourth-order valence-electron chi connectivity index (χ4n) is 4.54. The zero-order valence-corrected chi connectivity index (χ0v) is 18.5. The van der Waals surface area contributed by atoms with Crippen LogP contribution in [0.25, 0.3) is 0 Å². The van der Waals surface area contributed by atoms with Gasteiger partial charge in [-0.3, -0.25) is 0 Å². The van der Waals surface area contributed by atoms with Gasteiger partial charge in [0.05, 0.1) is 0 Å². The lowest BCUT2D eigenvalue weighted by Gasteiger charge is -2.26. The molecule has 0 aliphatic rings. The van der Waals surface area contributed by atoms with Crippen molar-refractivity contribution in [2.45, 2.75) is 24.3 Å². The largest absolute Gasteiger partial charge is 0.326 e. The summed E-state index contributed by atoms with van der Waals surface area (Å²) in [6.45, 7) is 1.68. The Kier molecular flexibility index (Phi) is 7.86. The van der Waals surface area contributed by atoms with Crippen LogP contribution in [0.2, 0.25) is 0 Å². The zero-order valence-electron chi connectivity index (χ0n) is 18.5. The van der Waals surface area contributed by atoms with Gasteiger partial charge in [0.2, 0.25) is 0 Å². The van der Waals surface area contributed by atoms with Crippen LogP contribution in [0.15, 0.2) is 121 Å². The minimum absolute atomic E-state index is 0.00768. The van der Waals surface area contributed by atoms with E-state index in [4.69, 9.17) is 5.73 Å². The van der Waals surface area contributed by atoms with Crippen LogP contribution in [0.3, 0.4) is 0 Å². The van der Waals surface area contributed by atoms with Gasteiger partial charge in [-0.15, -0.1) is 0 Å². The van der Waals surface area contributed by atoms with E-state index in [0.29, 0.717) is 5.92 Å². The zero-order chi connectivity index (χ0) is 22.0. The lowest BCUT2D eigenvalue weighted by molar-refractivity contribution is 0.516. The van der Waals surface area contributed by atoms with E-state index >= 15 is 0 Å². The van der Waals surface area contributed by atoms with Crippen molar-refractivity contribution >= 4 is 0 Å². The van der Waals surface area contributed by atoms with Crippen molar-refractivity contribution < 1.29 is 0 Å². The van der Waals surface area contributed by atoms with E-state index in [-0.39, 0.29) is 12.0 Å². The van der Waals surface area contributed by atoms with Crippen LogP contribution >= 0.6 is 0 Å². The summed E-state index contributed by atoms with van der Waals surface area (Å²) in [5.74, 6) is 0.545. The second-order valence-electron chi connectivity index (χ2n) is 8.33. The maximum atomic E-state index is 6.76. The minimum atomic E-state index is -0.00768. The van der Waals surface area contributed by atoms with Gasteiger partial charge >= 0.3 is 0 Å². The molecule has 4 rings (SSSR count). The second kappa shape index (κ2) is 11.4. The van der Waals surface area contributed by atoms with Gasteiger partial charge in [-0.25, -0.2) is 0 Å². The Morgan fingerprint density at radius 2 is 0.906 bits per heavy atom. The van der Waals surface area contributed by atoms with Crippen molar-refractivity contribution in [1.82, 2.24) is 5.32 Å². The van der Waals surface area contributed by atoms with Crippen LogP contribution in [0.5, 0.6) is 0 Å². The van der Waals surface area contributed by atoms with E-state index < -0.39 is 0 Å². The molecule has 0 aromatic heterocycles. The molecule has 2 nitrogen and oxygen atoms in total. The van der Waals surface area contributed by atoms with Crippen LogP contribution in [0.1, 0.15) is 40.5 Å². The number of benzene rings is 4. The molecule has 162 valence electrons. The maximum absolute atomic E-state index is 6.76. The van der Waals surface area contributed by atoms with E-state index in [9.17, 15) is 0 Å². The topological polar surface area (TPSA) is 38.0 Å². The first-order chi connectivity index (χ1) is 15.8. The number of rotatable bonds is 10. The van der Waals surface area contributed by atoms with Crippen LogP contribution in [-0.4, -0.2) is 19.1 Å². The molecule has 1 unspecified atom stereocenters. The summed E-state index contributed by atoms with van der Waals surface area (Å²) in [6.07, 6.45) is 1.03. The van der Waals surface area contributed by atoms with Crippen LogP contribution in [0, 0.1) is 0 Å². The molecule has 0 aliphatic carbocycles. The van der Waals surface area contributed by atoms with Gasteiger partial charge in [-0.2, -0.15) is 0 Å². The summed E-state index contributed by atoms with van der Waals surface area (Å²) in [5, 5.41) is 3.65. The predicted octanol–water partition coefficient (Wildman–Crippen LogP) is 5.96. The highest BCUT2D eigenvalue weighted by molar-refractivity contribution is 5.35. The highest BCUT2D eigenvalue weighted by atomic mass is 14.9. The van der Waals surface area contributed by atoms with Gasteiger partial charge in [0.1, 0.15) is 0 Å². The summed E-state index contributed by atoms with van der Waals surface area (Å²) in [4.78, 5) is 0. The van der Waals surface area contributed by atoms with Crippen molar-refractivity contribution in [3.63, 3.8) is 0 Å². The van der Waals surface area contributed by atoms with E-state index in [1.807, 2.05) is 0 Å². The molecule has 4 aromatic carbocycles. The first-order valence-electron chi connectivity index (χ1n) is 11.5. The third-order valence-corrected chi connectivity index (χ3v) is 6.14. The smallest absolute Gasteiger partial charge is 0.0276 e. The van der Waals surface area contributed by atoms with Gasteiger partial charge in [0.25, 0.3) is 0 Å². The normalized spacial score (nSPS) is 12.2. The molecule has 1 atom stereocenters. The Bertz CT molecular complexity index is 954. The molecule has 0 radical (unpaired) electrons. The molecule has 0 bridgehead atoms. The average Bonchev–Trinajstić information content (AvgIpc) is 2.87. The molecule has 0 amide bonds. The number of hydrogen-bond donors (Lipinski definition) is 2. The Labute approximate surface area is 192 Å². The Morgan fingerprint density at radius 1 is 0.531 bits per heavy atom. The third-order valence-electron chi connectivity index (χ3n) is 6.14. The summed E-state index contributed by atoms with van der Waals surface area (Å²) < 4.78 is 0. The average molecular weight is 421 g/mol. The molecule has 32 heavy (non-hydrogen) atoms. The van der Waals surface area contributed by atoms with Crippen LogP contribution < -0.4 is 11.1 Å². The Morgan fingerprint density at radius 3 is 1.31 bits per heavy atom. The van der Waals surface area contributed by atoms with E-state index in [1.165, 1.54) is 22.3 Å². The molecule has 4 aromatic rings. The van der Waals surface area contributed by atoms with Gasteiger partial charge in [-0.05, 0) is 35.2 Å². The predicted molar refractivity (Wildman–Crippen MR) is 135 cm³/mol. The molecule has 0 spiro atoms. The Hall–Kier alpha value is -3.20. The molecule has 0 aliphatic heterocycles. The monoisotopic (exact) mass is 420 g/mol. The summed E-state index contributed by atoms with van der Waals surface area (Å²) in [7, 11) is 0. The van der Waals surface area contributed by atoms with Crippen molar-refractivity contribution in [2.75, 3.05) is 13.1 Å². The van der Waals surface area contributed by atoms with Crippen molar-refractivity contribution in [3.8, 4) is 0 Å². The molecule has 0 heterocycles. The van der Waals surface area contributed by atoms with E-state index in [2.05, 4.69) is 127 Å². The number of hydrogen-bond acceptors (Lipinski definition) is 2. The fraction of sp³-hybridized carbons (Fsp3) is 0.200. The fourth-order valence-corrected chi connectivity index (χ4v) is 4.54.